The Hall–Kier alpha value is 1.11. The van der Waals surface area contributed by atoms with Crippen LogP contribution in [0.25, 0.3) is 0 Å². The van der Waals surface area contributed by atoms with Gasteiger partial charge in [0, 0.05) is 12.7 Å². The first kappa shape index (κ1) is 13.7. The number of rotatable bonds is 4. The van der Waals surface area contributed by atoms with Gasteiger partial charge in [0.05, 0.1) is 0 Å². The van der Waals surface area contributed by atoms with Crippen LogP contribution in [0.5, 0.6) is 0 Å². The zero-order valence-electron chi connectivity index (χ0n) is 6.59. The molecule has 0 fully saturated rings. The Morgan fingerprint density at radius 3 is 2.40 bits per heavy atom. The van der Waals surface area contributed by atoms with E-state index in [1.54, 1.807) is 6.92 Å². The average molecular weight is 175 g/mol. The molecule has 0 saturated carbocycles. The van der Waals surface area contributed by atoms with E-state index in [-0.39, 0.29) is 35.7 Å². The minimum Gasteiger partial charge on any atom is -0.777 e. The van der Waals surface area contributed by atoms with Crippen LogP contribution in [0.1, 0.15) is 13.8 Å². The summed E-state index contributed by atoms with van der Waals surface area (Å²) in [7, 11) is -3.55. The van der Waals surface area contributed by atoms with Crippen molar-refractivity contribution in [3.8, 4) is 0 Å². The van der Waals surface area contributed by atoms with Gasteiger partial charge in [0.2, 0.25) is 0 Å². The molecule has 0 aromatic rings. The van der Waals surface area contributed by atoms with E-state index in [9.17, 15) is 9.46 Å². The Morgan fingerprint density at radius 2 is 2.10 bits per heavy atom. The maximum Gasteiger partial charge on any atom is 1.00 e. The molecule has 1 unspecified atom stereocenters. The Morgan fingerprint density at radius 1 is 1.60 bits per heavy atom. The van der Waals surface area contributed by atoms with Crippen LogP contribution in [-0.4, -0.2) is 12.7 Å². The van der Waals surface area contributed by atoms with Crippen molar-refractivity contribution in [3.05, 3.63) is 0 Å². The Bertz CT molecular complexity index is 121. The summed E-state index contributed by atoms with van der Waals surface area (Å²) >= 11 is 0. The molecule has 0 aromatic carbocycles. The number of hydrogen-bond acceptors (Lipinski definition) is 4. The predicted octanol–water partition coefficient (Wildman–Crippen LogP) is -2.90. The van der Waals surface area contributed by atoms with Gasteiger partial charge in [0.15, 0.2) is 7.60 Å². The summed E-state index contributed by atoms with van der Waals surface area (Å²) in [4.78, 5) is 10.5. The van der Waals surface area contributed by atoms with Gasteiger partial charge in [-0.05, 0) is 0 Å². The minimum atomic E-state index is -3.55. The normalized spacial score (nSPS) is 15.5. The second-order valence-corrected chi connectivity index (χ2v) is 3.55. The largest absolute Gasteiger partial charge is 1.00 e. The molecule has 0 aliphatic carbocycles. The third-order valence-electron chi connectivity index (χ3n) is 0.735. The zero-order chi connectivity index (χ0) is 7.33. The van der Waals surface area contributed by atoms with Crippen LogP contribution >= 0.6 is 7.60 Å². The van der Waals surface area contributed by atoms with Crippen LogP contribution in [0.4, 0.5) is 0 Å². The maximum absolute atomic E-state index is 10.5. The van der Waals surface area contributed by atoms with Crippen LogP contribution in [-0.2, 0) is 9.19 Å². The van der Waals surface area contributed by atoms with Gasteiger partial charge in [-0.3, -0.25) is 4.62 Å². The Balaban J connectivity index is 0. The SMILES string of the molecule is CCNOP(=O)([O-])CC.[Na+]. The van der Waals surface area contributed by atoms with Gasteiger partial charge >= 0.3 is 29.6 Å². The van der Waals surface area contributed by atoms with Gasteiger partial charge in [-0.2, -0.15) is 5.48 Å². The molecule has 1 N–H and O–H groups in total. The Kier molecular flexibility index (Phi) is 9.30. The molecule has 0 amide bonds. The average Bonchev–Trinajstić information content (AvgIpc) is 1.84. The number of nitrogens with one attached hydrogen (secondary N) is 1. The van der Waals surface area contributed by atoms with E-state index in [1.807, 2.05) is 0 Å². The predicted molar refractivity (Wildman–Crippen MR) is 32.9 cm³/mol. The summed E-state index contributed by atoms with van der Waals surface area (Å²) in [5, 5.41) is 0. The van der Waals surface area contributed by atoms with Crippen molar-refractivity contribution in [2.75, 3.05) is 12.7 Å². The maximum atomic E-state index is 10.5. The summed E-state index contributed by atoms with van der Waals surface area (Å²) in [5.41, 5.74) is 2.26. The summed E-state index contributed by atoms with van der Waals surface area (Å²) in [6.07, 6.45) is 0.0278. The quantitative estimate of drug-likeness (QED) is 0.283. The summed E-state index contributed by atoms with van der Waals surface area (Å²) in [6, 6.07) is 0. The fraction of sp³-hybridized carbons (Fsp3) is 1.00. The molecular formula is C4H11NNaO3P. The van der Waals surface area contributed by atoms with Gasteiger partial charge in [0.25, 0.3) is 0 Å². The molecule has 0 radical (unpaired) electrons. The molecule has 4 nitrogen and oxygen atoms in total. The van der Waals surface area contributed by atoms with Gasteiger partial charge in [-0.15, -0.1) is 0 Å². The van der Waals surface area contributed by atoms with Gasteiger partial charge < -0.3 is 9.46 Å². The van der Waals surface area contributed by atoms with Crippen molar-refractivity contribution in [1.29, 1.82) is 0 Å². The fourth-order valence-electron chi connectivity index (χ4n) is 0.227. The number of hydrogen-bond donors (Lipinski definition) is 1. The summed E-state index contributed by atoms with van der Waals surface area (Å²) in [5.74, 6) is 0. The molecule has 10 heavy (non-hydrogen) atoms. The topological polar surface area (TPSA) is 61.4 Å². The molecule has 0 heterocycles. The second kappa shape index (κ2) is 6.80. The van der Waals surface area contributed by atoms with Gasteiger partial charge in [-0.1, -0.05) is 13.8 Å². The van der Waals surface area contributed by atoms with E-state index in [1.165, 1.54) is 6.92 Å². The molecule has 0 saturated heterocycles. The number of hydroxylamine groups is 1. The molecule has 0 bridgehead atoms. The summed E-state index contributed by atoms with van der Waals surface area (Å²) in [6.45, 7) is 3.78. The molecule has 0 aromatic heterocycles. The third-order valence-corrected chi connectivity index (χ3v) is 1.92. The van der Waals surface area contributed by atoms with E-state index in [0.717, 1.165) is 0 Å². The molecule has 1 atom stereocenters. The molecule has 0 aliphatic heterocycles. The molecule has 6 heteroatoms. The van der Waals surface area contributed by atoms with E-state index in [2.05, 4.69) is 10.1 Å². The molecule has 56 valence electrons. The van der Waals surface area contributed by atoms with E-state index >= 15 is 0 Å². The van der Waals surface area contributed by atoms with Crippen molar-refractivity contribution in [1.82, 2.24) is 5.48 Å². The summed E-state index contributed by atoms with van der Waals surface area (Å²) < 4.78 is 14.8. The third kappa shape index (κ3) is 7.22. The van der Waals surface area contributed by atoms with Crippen LogP contribution in [0.15, 0.2) is 0 Å². The standard InChI is InChI=1S/C4H12NO3P.Na/c1-3-5-8-9(6,7)4-2;/h5H,3-4H2,1-2H3,(H,6,7);/q;+1/p-1. The second-order valence-electron chi connectivity index (χ2n) is 1.52. The molecule has 0 spiro atoms. The molecule has 0 rings (SSSR count). The minimum absolute atomic E-state index is 0. The van der Waals surface area contributed by atoms with Crippen molar-refractivity contribution >= 4 is 7.60 Å². The zero-order valence-corrected chi connectivity index (χ0v) is 9.48. The smallest absolute Gasteiger partial charge is 0.777 e. The first-order valence-corrected chi connectivity index (χ1v) is 4.56. The van der Waals surface area contributed by atoms with Crippen molar-refractivity contribution < 1.29 is 43.6 Å². The van der Waals surface area contributed by atoms with Crippen LogP contribution in [0.2, 0.25) is 0 Å². The van der Waals surface area contributed by atoms with E-state index in [4.69, 9.17) is 0 Å². The molecule has 0 aliphatic rings. The van der Waals surface area contributed by atoms with Crippen LogP contribution in [0, 0.1) is 0 Å². The van der Waals surface area contributed by atoms with E-state index < -0.39 is 7.60 Å². The van der Waals surface area contributed by atoms with Gasteiger partial charge in [-0.25, -0.2) is 0 Å². The van der Waals surface area contributed by atoms with Crippen molar-refractivity contribution in [3.63, 3.8) is 0 Å². The van der Waals surface area contributed by atoms with Gasteiger partial charge in [0.1, 0.15) is 0 Å². The Labute approximate surface area is 83.1 Å². The van der Waals surface area contributed by atoms with Crippen molar-refractivity contribution in [2.45, 2.75) is 13.8 Å². The monoisotopic (exact) mass is 175 g/mol. The van der Waals surface area contributed by atoms with Crippen molar-refractivity contribution in [2.24, 2.45) is 0 Å². The van der Waals surface area contributed by atoms with Crippen LogP contribution < -0.4 is 39.9 Å². The molecular weight excluding hydrogens is 164 g/mol. The first-order valence-electron chi connectivity index (χ1n) is 2.84. The van der Waals surface area contributed by atoms with E-state index in [0.29, 0.717) is 6.54 Å². The fourth-order valence-corrected chi connectivity index (χ4v) is 0.682. The van der Waals surface area contributed by atoms with Crippen LogP contribution in [0.3, 0.4) is 0 Å². The first-order chi connectivity index (χ1) is 4.12.